The first-order valence-corrected chi connectivity index (χ1v) is 10.1. The van der Waals surface area contributed by atoms with Crippen LogP contribution in [0.3, 0.4) is 0 Å². The van der Waals surface area contributed by atoms with Gasteiger partial charge in [-0.2, -0.15) is 0 Å². The molecule has 1 spiro atoms. The highest BCUT2D eigenvalue weighted by atomic mass is 35.5. The first-order valence-electron chi connectivity index (χ1n) is 9.76. The number of carbonyl (C=O) groups is 2. The quantitative estimate of drug-likeness (QED) is 0.698. The maximum atomic E-state index is 13.3. The predicted molar refractivity (Wildman–Crippen MR) is 111 cm³/mol. The van der Waals surface area contributed by atoms with Crippen molar-refractivity contribution in [2.45, 2.75) is 44.7 Å². The molecular weight excluding hydrogens is 372 g/mol. The number of ketones is 1. The molecule has 144 valence electrons. The number of hydrogen-bond donors (Lipinski definition) is 0. The van der Waals surface area contributed by atoms with E-state index in [1.807, 2.05) is 43.3 Å². The summed E-state index contributed by atoms with van der Waals surface area (Å²) in [6.07, 6.45) is 4.77. The number of benzene rings is 2. The fraction of sp³-hybridized carbons (Fsp3) is 0.348. The fourth-order valence-electron chi connectivity index (χ4n) is 4.12. The van der Waals surface area contributed by atoms with Crippen molar-refractivity contribution in [3.63, 3.8) is 0 Å². The fourth-order valence-corrected chi connectivity index (χ4v) is 4.25. The first-order chi connectivity index (χ1) is 13.5. The van der Waals surface area contributed by atoms with E-state index in [1.54, 1.807) is 17.0 Å². The molecule has 1 heterocycles. The summed E-state index contributed by atoms with van der Waals surface area (Å²) in [5.41, 5.74) is 2.33. The number of carbonyl (C=O) groups excluding carboxylic acids is 2. The summed E-state index contributed by atoms with van der Waals surface area (Å²) >= 11 is 5.99. The third-order valence-electron chi connectivity index (χ3n) is 5.72. The maximum absolute atomic E-state index is 13.3. The maximum Gasteiger partial charge on any atom is 0.275 e. The van der Waals surface area contributed by atoms with Crippen molar-refractivity contribution in [1.82, 2.24) is 4.90 Å². The summed E-state index contributed by atoms with van der Waals surface area (Å²) in [6.45, 7) is 2.05. The molecule has 5 heteroatoms. The van der Waals surface area contributed by atoms with Crippen LogP contribution in [0.5, 0.6) is 0 Å². The monoisotopic (exact) mass is 394 g/mol. The number of nitrogens with zero attached hydrogens (tertiary/aromatic N) is 2. The van der Waals surface area contributed by atoms with Gasteiger partial charge in [0.25, 0.3) is 5.91 Å². The van der Waals surface area contributed by atoms with Crippen LogP contribution in [0.1, 0.15) is 53.6 Å². The number of rotatable bonds is 4. The molecule has 2 aromatic carbocycles. The van der Waals surface area contributed by atoms with Crippen molar-refractivity contribution in [3.8, 4) is 0 Å². The molecule has 4 nitrogen and oxygen atoms in total. The zero-order chi connectivity index (χ0) is 19.7. The second kappa shape index (κ2) is 7.51. The van der Waals surface area contributed by atoms with Crippen molar-refractivity contribution >= 4 is 29.0 Å². The van der Waals surface area contributed by atoms with E-state index < -0.39 is 5.66 Å². The van der Waals surface area contributed by atoms with E-state index in [9.17, 15) is 9.59 Å². The zero-order valence-electron chi connectivity index (χ0n) is 16.0. The molecule has 0 saturated heterocycles. The van der Waals surface area contributed by atoms with E-state index in [1.165, 1.54) is 0 Å². The third-order valence-corrected chi connectivity index (χ3v) is 5.97. The van der Waals surface area contributed by atoms with Gasteiger partial charge < -0.3 is 4.90 Å². The molecule has 1 aliphatic carbocycles. The van der Waals surface area contributed by atoms with E-state index in [4.69, 9.17) is 16.6 Å². The Hall–Kier alpha value is -2.46. The Balaban J connectivity index is 1.65. The Labute approximate surface area is 170 Å². The molecule has 1 fully saturated rings. The standard InChI is InChI=1S/C23H23ClN2O2/c1-16-5-7-17(8-6-16)20(27)15-26-22(28)21(18-9-11-19(24)12-10-18)25-23(26)13-3-2-4-14-23/h5-12H,2-4,13-15H2,1H3. The molecule has 0 aromatic heterocycles. The summed E-state index contributed by atoms with van der Waals surface area (Å²) in [6, 6.07) is 14.7. The molecule has 4 rings (SSSR count). The zero-order valence-corrected chi connectivity index (χ0v) is 16.7. The van der Waals surface area contributed by atoms with Crippen LogP contribution in [-0.4, -0.2) is 34.5 Å². The van der Waals surface area contributed by atoms with Gasteiger partial charge in [-0.25, -0.2) is 0 Å². The molecule has 0 unspecified atom stereocenters. The van der Waals surface area contributed by atoms with Gasteiger partial charge >= 0.3 is 0 Å². The Morgan fingerprint density at radius 1 is 1.04 bits per heavy atom. The minimum absolute atomic E-state index is 0.0501. The topological polar surface area (TPSA) is 49.7 Å². The highest BCUT2D eigenvalue weighted by molar-refractivity contribution is 6.47. The lowest BCUT2D eigenvalue weighted by Crippen LogP contribution is -2.50. The number of hydrogen-bond acceptors (Lipinski definition) is 3. The van der Waals surface area contributed by atoms with E-state index in [2.05, 4.69) is 0 Å². The number of halogens is 1. The van der Waals surface area contributed by atoms with Gasteiger partial charge in [0.15, 0.2) is 5.78 Å². The Bertz CT molecular complexity index is 926. The van der Waals surface area contributed by atoms with Crippen molar-refractivity contribution in [3.05, 3.63) is 70.2 Å². The van der Waals surface area contributed by atoms with E-state index in [-0.39, 0.29) is 18.2 Å². The van der Waals surface area contributed by atoms with E-state index in [0.717, 1.165) is 43.2 Å². The average Bonchev–Trinajstić information content (AvgIpc) is 2.95. The Kier molecular flexibility index (Phi) is 5.07. The van der Waals surface area contributed by atoms with Gasteiger partial charge in [0.05, 0.1) is 6.54 Å². The van der Waals surface area contributed by atoms with Gasteiger partial charge in [-0.3, -0.25) is 14.6 Å². The van der Waals surface area contributed by atoms with Crippen molar-refractivity contribution in [2.24, 2.45) is 4.99 Å². The van der Waals surface area contributed by atoms with E-state index in [0.29, 0.717) is 16.3 Å². The van der Waals surface area contributed by atoms with Crippen LogP contribution < -0.4 is 0 Å². The van der Waals surface area contributed by atoms with Gasteiger partial charge in [-0.15, -0.1) is 0 Å². The van der Waals surface area contributed by atoms with Crippen LogP contribution >= 0.6 is 11.6 Å². The van der Waals surface area contributed by atoms with Crippen LogP contribution in [0.25, 0.3) is 0 Å². The first kappa shape index (κ1) is 18.9. The molecular formula is C23H23ClN2O2. The lowest BCUT2D eigenvalue weighted by Gasteiger charge is -2.38. The summed E-state index contributed by atoms with van der Waals surface area (Å²) in [5.74, 6) is -0.212. The molecule has 0 atom stereocenters. The van der Waals surface area contributed by atoms with Gasteiger partial charge in [0, 0.05) is 16.1 Å². The SMILES string of the molecule is Cc1ccc(C(=O)CN2C(=O)C(c3ccc(Cl)cc3)=NC23CCCCC3)cc1. The van der Waals surface area contributed by atoms with E-state index >= 15 is 0 Å². The molecule has 1 amide bonds. The summed E-state index contributed by atoms with van der Waals surface area (Å²) < 4.78 is 0. The van der Waals surface area contributed by atoms with Crippen LogP contribution in [0.4, 0.5) is 0 Å². The number of aliphatic imine (C=N–C) groups is 1. The highest BCUT2D eigenvalue weighted by Gasteiger charge is 2.48. The van der Waals surface area contributed by atoms with Gasteiger partial charge in [-0.1, -0.05) is 60.0 Å². The Morgan fingerprint density at radius 3 is 2.32 bits per heavy atom. The second-order valence-corrected chi connectivity index (χ2v) is 8.13. The molecule has 0 radical (unpaired) electrons. The third kappa shape index (κ3) is 3.49. The highest BCUT2D eigenvalue weighted by Crippen LogP contribution is 2.39. The normalized spacial score (nSPS) is 18.4. The minimum Gasteiger partial charge on any atom is -0.305 e. The Morgan fingerprint density at radius 2 is 1.68 bits per heavy atom. The van der Waals surface area contributed by atoms with Crippen LogP contribution in [0.15, 0.2) is 53.5 Å². The average molecular weight is 395 g/mol. The van der Waals surface area contributed by atoms with Gasteiger partial charge in [0.2, 0.25) is 0 Å². The summed E-state index contributed by atoms with van der Waals surface area (Å²) in [7, 11) is 0. The second-order valence-electron chi connectivity index (χ2n) is 7.69. The van der Waals surface area contributed by atoms with Crippen LogP contribution in [0, 0.1) is 6.92 Å². The summed E-state index contributed by atoms with van der Waals surface area (Å²) in [4.78, 5) is 32.8. The van der Waals surface area contributed by atoms with Gasteiger partial charge in [-0.05, 0) is 44.7 Å². The number of amides is 1. The van der Waals surface area contributed by atoms with Crippen molar-refractivity contribution in [2.75, 3.05) is 6.54 Å². The minimum atomic E-state index is -0.593. The van der Waals surface area contributed by atoms with Crippen LogP contribution in [0.2, 0.25) is 5.02 Å². The van der Waals surface area contributed by atoms with Crippen molar-refractivity contribution in [1.29, 1.82) is 0 Å². The molecule has 1 aliphatic heterocycles. The molecule has 28 heavy (non-hydrogen) atoms. The smallest absolute Gasteiger partial charge is 0.275 e. The molecule has 1 saturated carbocycles. The van der Waals surface area contributed by atoms with Crippen LogP contribution in [-0.2, 0) is 4.79 Å². The number of Topliss-reactive ketones (excluding diaryl/α,β-unsaturated/α-hetero) is 1. The predicted octanol–water partition coefficient (Wildman–Crippen LogP) is 4.82. The molecule has 0 N–H and O–H groups in total. The lowest BCUT2D eigenvalue weighted by atomic mass is 9.88. The number of aryl methyl sites for hydroxylation is 1. The lowest BCUT2D eigenvalue weighted by molar-refractivity contribution is -0.128. The van der Waals surface area contributed by atoms with Gasteiger partial charge in [0.1, 0.15) is 11.4 Å². The summed E-state index contributed by atoms with van der Waals surface area (Å²) in [5, 5.41) is 0.619. The van der Waals surface area contributed by atoms with Crippen molar-refractivity contribution < 1.29 is 9.59 Å². The molecule has 0 bridgehead atoms. The largest absolute Gasteiger partial charge is 0.305 e. The molecule has 2 aromatic rings. The molecule has 2 aliphatic rings.